The number of hydrogen-bond donors (Lipinski definition) is 0. The summed E-state index contributed by atoms with van der Waals surface area (Å²) in [6, 6.07) is 10.9. The van der Waals surface area contributed by atoms with Gasteiger partial charge in [0.25, 0.3) is 0 Å². The molecule has 1 aromatic carbocycles. The van der Waals surface area contributed by atoms with Gasteiger partial charge < -0.3 is 4.74 Å². The summed E-state index contributed by atoms with van der Waals surface area (Å²) >= 11 is 0. The van der Waals surface area contributed by atoms with Crippen LogP contribution in [0, 0.1) is 5.41 Å². The smallest absolute Gasteiger partial charge is 0.0707 e. The molecule has 110 valence electrons. The molecule has 1 aromatic rings. The molecular weight excluding hydrogens is 246 g/mol. The largest absolute Gasteiger partial charge is 0.377 e. The Morgan fingerprint density at radius 1 is 1.25 bits per heavy atom. The number of rotatable bonds is 6. The molecule has 2 nitrogen and oxygen atoms in total. The highest BCUT2D eigenvalue weighted by Crippen LogP contribution is 2.52. The fourth-order valence-corrected chi connectivity index (χ4v) is 3.45. The van der Waals surface area contributed by atoms with Crippen molar-refractivity contribution in [3.63, 3.8) is 0 Å². The number of benzene rings is 1. The molecule has 3 rings (SSSR count). The van der Waals surface area contributed by atoms with Crippen molar-refractivity contribution in [1.82, 2.24) is 4.90 Å². The highest BCUT2D eigenvalue weighted by Gasteiger charge is 2.48. The number of piperidine rings is 1. The molecular formula is C18H27NO. The summed E-state index contributed by atoms with van der Waals surface area (Å²) in [5.74, 6) is 0. The van der Waals surface area contributed by atoms with Gasteiger partial charge in [-0.05, 0) is 36.7 Å². The van der Waals surface area contributed by atoms with Gasteiger partial charge in [0.1, 0.15) is 0 Å². The molecule has 0 N–H and O–H groups in total. The molecule has 1 aliphatic carbocycles. The zero-order chi connectivity index (χ0) is 13.8. The SMILES string of the molecule is CCCCO[C@@H]1CN(Cc2ccccc2)CC2(CC2)C1. The minimum Gasteiger partial charge on any atom is -0.377 e. The van der Waals surface area contributed by atoms with E-state index in [1.807, 2.05) is 0 Å². The van der Waals surface area contributed by atoms with E-state index in [0.29, 0.717) is 11.5 Å². The fourth-order valence-electron chi connectivity index (χ4n) is 3.45. The van der Waals surface area contributed by atoms with E-state index in [2.05, 4.69) is 42.2 Å². The summed E-state index contributed by atoms with van der Waals surface area (Å²) in [6.45, 7) is 6.64. The summed E-state index contributed by atoms with van der Waals surface area (Å²) < 4.78 is 6.13. The number of ether oxygens (including phenoxy) is 1. The van der Waals surface area contributed by atoms with Gasteiger partial charge in [0.2, 0.25) is 0 Å². The Labute approximate surface area is 123 Å². The number of unbranched alkanes of at least 4 members (excludes halogenated alkanes) is 1. The predicted molar refractivity (Wildman–Crippen MR) is 82.7 cm³/mol. The van der Waals surface area contributed by atoms with Gasteiger partial charge in [-0.25, -0.2) is 0 Å². The zero-order valence-corrected chi connectivity index (χ0v) is 12.7. The van der Waals surface area contributed by atoms with Gasteiger partial charge in [-0.2, -0.15) is 0 Å². The van der Waals surface area contributed by atoms with Gasteiger partial charge in [-0.3, -0.25) is 4.90 Å². The number of hydrogen-bond acceptors (Lipinski definition) is 2. The first-order valence-electron chi connectivity index (χ1n) is 8.18. The summed E-state index contributed by atoms with van der Waals surface area (Å²) in [5, 5.41) is 0. The summed E-state index contributed by atoms with van der Waals surface area (Å²) in [4.78, 5) is 2.61. The Bertz CT molecular complexity index is 413. The van der Waals surface area contributed by atoms with E-state index in [1.54, 1.807) is 0 Å². The molecule has 1 aliphatic heterocycles. The average molecular weight is 273 g/mol. The van der Waals surface area contributed by atoms with Crippen molar-refractivity contribution in [3.8, 4) is 0 Å². The Morgan fingerprint density at radius 3 is 2.75 bits per heavy atom. The highest BCUT2D eigenvalue weighted by atomic mass is 16.5. The maximum absolute atomic E-state index is 6.13. The van der Waals surface area contributed by atoms with Gasteiger partial charge in [0.15, 0.2) is 0 Å². The molecule has 20 heavy (non-hydrogen) atoms. The summed E-state index contributed by atoms with van der Waals surface area (Å²) in [5.41, 5.74) is 2.03. The van der Waals surface area contributed by atoms with Crippen LogP contribution in [-0.4, -0.2) is 30.7 Å². The first-order valence-corrected chi connectivity index (χ1v) is 8.18. The standard InChI is InChI=1S/C18H27NO/c1-2-3-11-20-17-12-18(9-10-18)15-19(14-17)13-16-7-5-4-6-8-16/h4-8,17H,2-3,9-15H2,1H3/t17-/m0/s1. The molecule has 2 fully saturated rings. The van der Waals surface area contributed by atoms with E-state index >= 15 is 0 Å². The maximum Gasteiger partial charge on any atom is 0.0707 e. The van der Waals surface area contributed by atoms with Crippen molar-refractivity contribution >= 4 is 0 Å². The van der Waals surface area contributed by atoms with Crippen LogP contribution in [0.4, 0.5) is 0 Å². The lowest BCUT2D eigenvalue weighted by Gasteiger charge is -2.38. The Balaban J connectivity index is 1.57. The van der Waals surface area contributed by atoms with Crippen molar-refractivity contribution in [2.24, 2.45) is 5.41 Å². The summed E-state index contributed by atoms with van der Waals surface area (Å²) in [6.07, 6.45) is 7.00. The van der Waals surface area contributed by atoms with E-state index in [9.17, 15) is 0 Å². The second kappa shape index (κ2) is 6.28. The van der Waals surface area contributed by atoms with Crippen LogP contribution in [0.15, 0.2) is 30.3 Å². The molecule has 1 saturated heterocycles. The number of likely N-dealkylation sites (tertiary alicyclic amines) is 1. The molecule has 0 bridgehead atoms. The molecule has 0 radical (unpaired) electrons. The van der Waals surface area contributed by atoms with E-state index in [1.165, 1.54) is 44.2 Å². The zero-order valence-electron chi connectivity index (χ0n) is 12.7. The molecule has 1 heterocycles. The maximum atomic E-state index is 6.13. The van der Waals surface area contributed by atoms with Crippen LogP contribution in [0.25, 0.3) is 0 Å². The Morgan fingerprint density at radius 2 is 2.05 bits per heavy atom. The van der Waals surface area contributed by atoms with E-state index in [4.69, 9.17) is 4.74 Å². The second-order valence-corrected chi connectivity index (χ2v) is 6.71. The molecule has 2 heteroatoms. The van der Waals surface area contributed by atoms with E-state index in [0.717, 1.165) is 19.7 Å². The van der Waals surface area contributed by atoms with Crippen molar-refractivity contribution in [2.75, 3.05) is 19.7 Å². The third-order valence-corrected chi connectivity index (χ3v) is 4.74. The second-order valence-electron chi connectivity index (χ2n) is 6.71. The first-order chi connectivity index (χ1) is 9.80. The molecule has 1 saturated carbocycles. The first kappa shape index (κ1) is 14.1. The van der Waals surface area contributed by atoms with Crippen molar-refractivity contribution in [1.29, 1.82) is 0 Å². The van der Waals surface area contributed by atoms with Crippen LogP contribution in [0.5, 0.6) is 0 Å². The van der Waals surface area contributed by atoms with Crippen molar-refractivity contribution in [3.05, 3.63) is 35.9 Å². The topological polar surface area (TPSA) is 12.5 Å². The molecule has 0 aromatic heterocycles. The van der Waals surface area contributed by atoms with Crippen LogP contribution >= 0.6 is 0 Å². The van der Waals surface area contributed by atoms with Crippen LogP contribution < -0.4 is 0 Å². The molecule has 1 spiro atoms. The monoisotopic (exact) mass is 273 g/mol. The van der Waals surface area contributed by atoms with Gasteiger partial charge >= 0.3 is 0 Å². The Hall–Kier alpha value is -0.860. The van der Waals surface area contributed by atoms with Crippen LogP contribution in [0.3, 0.4) is 0 Å². The quantitative estimate of drug-likeness (QED) is 0.730. The minimum absolute atomic E-state index is 0.460. The van der Waals surface area contributed by atoms with Gasteiger partial charge in [-0.15, -0.1) is 0 Å². The lowest BCUT2D eigenvalue weighted by Crippen LogP contribution is -2.44. The van der Waals surface area contributed by atoms with E-state index < -0.39 is 0 Å². The van der Waals surface area contributed by atoms with Crippen LogP contribution in [0.2, 0.25) is 0 Å². The molecule has 0 unspecified atom stereocenters. The average Bonchev–Trinajstić information content (AvgIpc) is 3.18. The number of nitrogens with zero attached hydrogens (tertiary/aromatic N) is 1. The van der Waals surface area contributed by atoms with Crippen molar-refractivity contribution in [2.45, 2.75) is 51.7 Å². The fraction of sp³-hybridized carbons (Fsp3) is 0.667. The summed E-state index contributed by atoms with van der Waals surface area (Å²) in [7, 11) is 0. The lowest BCUT2D eigenvalue weighted by atomic mass is 9.92. The van der Waals surface area contributed by atoms with Crippen LogP contribution in [0.1, 0.15) is 44.6 Å². The van der Waals surface area contributed by atoms with Crippen molar-refractivity contribution < 1.29 is 4.74 Å². The lowest BCUT2D eigenvalue weighted by molar-refractivity contribution is -0.0290. The third kappa shape index (κ3) is 3.62. The molecule has 0 amide bonds. The van der Waals surface area contributed by atoms with Gasteiger partial charge in [0.05, 0.1) is 6.10 Å². The van der Waals surface area contributed by atoms with Crippen LogP contribution in [-0.2, 0) is 11.3 Å². The van der Waals surface area contributed by atoms with E-state index in [-0.39, 0.29) is 0 Å². The normalized spacial score (nSPS) is 24.9. The Kier molecular flexibility index (Phi) is 4.42. The third-order valence-electron chi connectivity index (χ3n) is 4.74. The molecule has 1 atom stereocenters. The van der Waals surface area contributed by atoms with Gasteiger partial charge in [0, 0.05) is 26.2 Å². The van der Waals surface area contributed by atoms with Gasteiger partial charge in [-0.1, -0.05) is 43.7 Å². The molecule has 2 aliphatic rings. The minimum atomic E-state index is 0.460. The predicted octanol–water partition coefficient (Wildman–Crippen LogP) is 3.86. The highest BCUT2D eigenvalue weighted by molar-refractivity contribution is 5.15.